The summed E-state index contributed by atoms with van der Waals surface area (Å²) in [7, 11) is 0. The maximum absolute atomic E-state index is 12.9. The van der Waals surface area contributed by atoms with Crippen LogP contribution in [0.4, 0.5) is 14.9 Å². The van der Waals surface area contributed by atoms with Gasteiger partial charge in [0.05, 0.1) is 5.69 Å². The third-order valence-electron chi connectivity index (χ3n) is 2.63. The van der Waals surface area contributed by atoms with Crippen LogP contribution >= 0.6 is 22.6 Å². The molecule has 1 aromatic rings. The van der Waals surface area contributed by atoms with Gasteiger partial charge in [0, 0.05) is 14.7 Å². The maximum atomic E-state index is 12.9. The Bertz CT molecular complexity index is 643. The zero-order chi connectivity index (χ0) is 16.2. The van der Waals surface area contributed by atoms with Crippen molar-refractivity contribution in [2.45, 2.75) is 13.8 Å². The lowest BCUT2D eigenvalue weighted by Gasteiger charge is -2.09. The van der Waals surface area contributed by atoms with E-state index in [4.69, 9.17) is 5.11 Å². The van der Waals surface area contributed by atoms with Crippen LogP contribution in [0.5, 0.6) is 0 Å². The molecule has 0 unspecified atom stereocenters. The second-order valence-corrected chi connectivity index (χ2v) is 5.25. The summed E-state index contributed by atoms with van der Waals surface area (Å²) in [6.45, 7) is 2.56. The molecule has 6 nitrogen and oxygen atoms in total. The van der Waals surface area contributed by atoms with E-state index in [9.17, 15) is 18.8 Å². The minimum absolute atomic E-state index is 0.0774. The molecule has 21 heavy (non-hydrogen) atoms. The number of anilines is 1. The lowest BCUT2D eigenvalue weighted by molar-refractivity contribution is -0.133. The number of aliphatic carboxylic acids is 1. The summed E-state index contributed by atoms with van der Waals surface area (Å²) >= 11 is 1.83. The molecule has 0 aliphatic rings. The fourth-order valence-corrected chi connectivity index (χ4v) is 1.88. The zero-order valence-electron chi connectivity index (χ0n) is 11.2. The van der Waals surface area contributed by atoms with Crippen LogP contribution < -0.4 is 10.6 Å². The largest absolute Gasteiger partial charge is 0.478 e. The van der Waals surface area contributed by atoms with Gasteiger partial charge >= 0.3 is 12.0 Å². The summed E-state index contributed by atoms with van der Waals surface area (Å²) in [6, 6.07) is 2.91. The molecule has 0 atom stereocenters. The number of carbonyl (C=O) groups is 3. The van der Waals surface area contributed by atoms with E-state index in [0.717, 1.165) is 0 Å². The summed E-state index contributed by atoms with van der Waals surface area (Å²) in [4.78, 5) is 34.0. The van der Waals surface area contributed by atoms with Gasteiger partial charge in [-0.3, -0.25) is 10.1 Å². The monoisotopic (exact) mass is 406 g/mol. The van der Waals surface area contributed by atoms with E-state index in [1.54, 1.807) is 0 Å². The first kappa shape index (κ1) is 17.1. The lowest BCUT2D eigenvalue weighted by atomic mass is 10.1. The third-order valence-corrected chi connectivity index (χ3v) is 3.52. The smallest absolute Gasteiger partial charge is 0.331 e. The average Bonchev–Trinajstić information content (AvgIpc) is 2.40. The molecule has 0 saturated heterocycles. The number of urea groups is 1. The Labute approximate surface area is 133 Å². The minimum Gasteiger partial charge on any atom is -0.478 e. The number of halogens is 2. The summed E-state index contributed by atoms with van der Waals surface area (Å²) in [5.41, 5.74) is 0.0991. The molecule has 0 saturated carbocycles. The van der Waals surface area contributed by atoms with E-state index in [0.29, 0.717) is 9.26 Å². The highest BCUT2D eigenvalue weighted by molar-refractivity contribution is 14.1. The molecule has 1 aromatic carbocycles. The zero-order valence-corrected chi connectivity index (χ0v) is 13.3. The van der Waals surface area contributed by atoms with Crippen molar-refractivity contribution in [3.05, 3.63) is 38.7 Å². The van der Waals surface area contributed by atoms with Gasteiger partial charge in [-0.05, 0) is 54.6 Å². The highest BCUT2D eigenvalue weighted by atomic mass is 127. The van der Waals surface area contributed by atoms with Crippen LogP contribution in [0.25, 0.3) is 0 Å². The van der Waals surface area contributed by atoms with Gasteiger partial charge in [-0.25, -0.2) is 14.0 Å². The van der Waals surface area contributed by atoms with Crippen LogP contribution in [0.1, 0.15) is 13.8 Å². The molecule has 112 valence electrons. The SMILES string of the molecule is CC(C(=O)O)=C(C)C(=O)NC(=O)Nc1ccc(F)cc1I. The molecule has 1 rings (SSSR count). The van der Waals surface area contributed by atoms with E-state index < -0.39 is 23.7 Å². The number of amides is 3. The number of carbonyl (C=O) groups excluding carboxylic acids is 2. The Morgan fingerprint density at radius 1 is 1.19 bits per heavy atom. The van der Waals surface area contributed by atoms with E-state index in [2.05, 4.69) is 5.32 Å². The highest BCUT2D eigenvalue weighted by Gasteiger charge is 2.15. The quantitative estimate of drug-likeness (QED) is 0.531. The normalized spacial score (nSPS) is 11.4. The van der Waals surface area contributed by atoms with E-state index in [1.165, 1.54) is 32.0 Å². The molecule has 0 aromatic heterocycles. The van der Waals surface area contributed by atoms with Crippen molar-refractivity contribution in [1.29, 1.82) is 0 Å². The number of nitrogens with one attached hydrogen (secondary N) is 2. The summed E-state index contributed by atoms with van der Waals surface area (Å²) < 4.78 is 13.4. The molecule has 3 amide bonds. The number of hydrogen-bond donors (Lipinski definition) is 3. The van der Waals surface area contributed by atoms with Gasteiger partial charge in [0.2, 0.25) is 0 Å². The Kier molecular flexibility index (Phi) is 5.82. The lowest BCUT2D eigenvalue weighted by Crippen LogP contribution is -2.35. The molecule has 0 aliphatic carbocycles. The third kappa shape index (κ3) is 4.81. The van der Waals surface area contributed by atoms with Crippen molar-refractivity contribution in [1.82, 2.24) is 5.32 Å². The van der Waals surface area contributed by atoms with Gasteiger partial charge in [0.15, 0.2) is 0 Å². The first-order valence-corrected chi connectivity index (χ1v) is 6.78. The van der Waals surface area contributed by atoms with Crippen LogP contribution in [-0.4, -0.2) is 23.0 Å². The molecule has 0 spiro atoms. The van der Waals surface area contributed by atoms with Crippen molar-refractivity contribution in [3.8, 4) is 0 Å². The van der Waals surface area contributed by atoms with Crippen molar-refractivity contribution >= 4 is 46.2 Å². The van der Waals surface area contributed by atoms with Gasteiger partial charge in [0.25, 0.3) is 5.91 Å². The number of imide groups is 1. The molecule has 0 fully saturated rings. The summed E-state index contributed by atoms with van der Waals surface area (Å²) in [6.07, 6.45) is 0. The van der Waals surface area contributed by atoms with Crippen LogP contribution in [0, 0.1) is 9.39 Å². The van der Waals surface area contributed by atoms with Gasteiger partial charge in [-0.2, -0.15) is 0 Å². The first-order chi connectivity index (χ1) is 9.72. The maximum Gasteiger partial charge on any atom is 0.331 e. The Morgan fingerprint density at radius 2 is 1.81 bits per heavy atom. The van der Waals surface area contributed by atoms with Crippen LogP contribution in [-0.2, 0) is 9.59 Å². The summed E-state index contributed by atoms with van der Waals surface area (Å²) in [5.74, 6) is -2.50. The molecule has 3 N–H and O–H groups in total. The number of rotatable bonds is 3. The Hall–Kier alpha value is -1.97. The van der Waals surface area contributed by atoms with Gasteiger partial charge < -0.3 is 10.4 Å². The van der Waals surface area contributed by atoms with E-state index >= 15 is 0 Å². The van der Waals surface area contributed by atoms with Gasteiger partial charge in [-0.1, -0.05) is 0 Å². The topological polar surface area (TPSA) is 95.5 Å². The second kappa shape index (κ2) is 7.16. The number of carboxylic acids is 1. The van der Waals surface area contributed by atoms with E-state index in [-0.39, 0.29) is 11.1 Å². The highest BCUT2D eigenvalue weighted by Crippen LogP contribution is 2.18. The van der Waals surface area contributed by atoms with Crippen LogP contribution in [0.2, 0.25) is 0 Å². The number of hydrogen-bond acceptors (Lipinski definition) is 3. The molecule has 8 heteroatoms. The molecule has 0 bridgehead atoms. The Morgan fingerprint density at radius 3 is 2.33 bits per heavy atom. The molecular formula is C13H12FIN2O4. The number of benzene rings is 1. The predicted molar refractivity (Wildman–Crippen MR) is 82.3 cm³/mol. The fourth-order valence-electron chi connectivity index (χ4n) is 1.27. The van der Waals surface area contributed by atoms with Crippen molar-refractivity contribution in [2.24, 2.45) is 0 Å². The molecule has 0 heterocycles. The first-order valence-electron chi connectivity index (χ1n) is 5.70. The van der Waals surface area contributed by atoms with Crippen molar-refractivity contribution < 1.29 is 23.9 Å². The Balaban J connectivity index is 2.76. The molecule has 0 radical (unpaired) electrons. The van der Waals surface area contributed by atoms with Crippen LogP contribution in [0.3, 0.4) is 0 Å². The second-order valence-electron chi connectivity index (χ2n) is 4.09. The minimum atomic E-state index is -1.24. The van der Waals surface area contributed by atoms with Gasteiger partial charge in [0.1, 0.15) is 5.82 Å². The predicted octanol–water partition coefficient (Wildman–Crippen LogP) is 2.50. The molecule has 0 aliphatic heterocycles. The average molecular weight is 406 g/mol. The fraction of sp³-hybridized carbons (Fsp3) is 0.154. The van der Waals surface area contributed by atoms with Gasteiger partial charge in [-0.15, -0.1) is 0 Å². The van der Waals surface area contributed by atoms with Crippen molar-refractivity contribution in [3.63, 3.8) is 0 Å². The van der Waals surface area contributed by atoms with Crippen molar-refractivity contribution in [2.75, 3.05) is 5.32 Å². The molecular weight excluding hydrogens is 394 g/mol. The number of carboxylic acid groups (broad SMARTS) is 1. The summed E-state index contributed by atoms with van der Waals surface area (Å²) in [5, 5.41) is 13.1. The van der Waals surface area contributed by atoms with Crippen LogP contribution in [0.15, 0.2) is 29.3 Å². The standard InChI is InChI=1S/C13H12FIN2O4/c1-6(7(2)12(19)20)11(18)17-13(21)16-10-4-3-8(14)5-9(10)15/h3-5H,1-2H3,(H,19,20)(H2,16,17,18,21). The van der Waals surface area contributed by atoms with E-state index in [1.807, 2.05) is 27.9 Å².